The number of halogens is 1. The van der Waals surface area contributed by atoms with E-state index in [1.165, 1.54) is 11.1 Å². The molecule has 0 saturated carbocycles. The van der Waals surface area contributed by atoms with Crippen molar-refractivity contribution in [1.29, 1.82) is 0 Å². The second-order valence-corrected chi connectivity index (χ2v) is 5.81. The van der Waals surface area contributed by atoms with Crippen molar-refractivity contribution in [2.24, 2.45) is 0 Å². The highest BCUT2D eigenvalue weighted by Gasteiger charge is 2.24. The summed E-state index contributed by atoms with van der Waals surface area (Å²) in [4.78, 5) is 12.5. The largest absolute Gasteiger partial charge is 0.494 e. The molecule has 1 atom stereocenters. The van der Waals surface area contributed by atoms with Gasteiger partial charge in [-0.2, -0.15) is 0 Å². The summed E-state index contributed by atoms with van der Waals surface area (Å²) in [7, 11) is 0. The molecule has 1 heterocycles. The van der Waals surface area contributed by atoms with Gasteiger partial charge in [0.25, 0.3) is 0 Å². The first-order valence-corrected chi connectivity index (χ1v) is 8.02. The van der Waals surface area contributed by atoms with Crippen molar-refractivity contribution < 1.29 is 9.53 Å². The maximum atomic E-state index is 12.5. The van der Waals surface area contributed by atoms with E-state index in [1.54, 1.807) is 0 Å². The zero-order valence-corrected chi connectivity index (χ0v) is 14.8. The van der Waals surface area contributed by atoms with Crippen molar-refractivity contribution in [3.63, 3.8) is 0 Å². The molecule has 2 aromatic carbocycles. The average molecular weight is 347 g/mol. The molecule has 0 aromatic heterocycles. The van der Waals surface area contributed by atoms with E-state index in [4.69, 9.17) is 4.74 Å². The number of amides is 1. The Bertz CT molecular complexity index is 718. The average Bonchev–Trinajstić information content (AvgIpc) is 2.57. The number of hydrogen-bond acceptors (Lipinski definition) is 3. The minimum Gasteiger partial charge on any atom is -0.494 e. The number of rotatable bonds is 4. The van der Waals surface area contributed by atoms with E-state index in [9.17, 15) is 4.79 Å². The second-order valence-electron chi connectivity index (χ2n) is 5.81. The Morgan fingerprint density at radius 3 is 2.71 bits per heavy atom. The standard InChI is InChI=1S/C19H22N2O2.ClH/c1-3-23-16-8-9-17(13(2)10-16)21-19(22)18-11-14-6-4-5-7-15(14)12-20-18;/h4-10,18,20H,3,11-12H2,1-2H3,(H,21,22);1H. The molecule has 5 heteroatoms. The van der Waals surface area contributed by atoms with Crippen LogP contribution in [0.4, 0.5) is 5.69 Å². The third kappa shape index (κ3) is 4.08. The van der Waals surface area contributed by atoms with Crippen LogP contribution in [0.15, 0.2) is 42.5 Å². The number of aryl methyl sites for hydroxylation is 1. The van der Waals surface area contributed by atoms with Crippen LogP contribution in [-0.2, 0) is 17.8 Å². The topological polar surface area (TPSA) is 50.4 Å². The first kappa shape index (κ1) is 18.3. The minimum absolute atomic E-state index is 0. The number of fused-ring (bicyclic) bond motifs is 1. The predicted octanol–water partition coefficient (Wildman–Crippen LogP) is 3.47. The van der Waals surface area contributed by atoms with Crippen LogP contribution in [0.2, 0.25) is 0 Å². The maximum Gasteiger partial charge on any atom is 0.241 e. The van der Waals surface area contributed by atoms with Gasteiger partial charge in [-0.1, -0.05) is 24.3 Å². The van der Waals surface area contributed by atoms with E-state index in [0.29, 0.717) is 6.61 Å². The molecule has 3 rings (SSSR count). The number of ether oxygens (including phenoxy) is 1. The van der Waals surface area contributed by atoms with Gasteiger partial charge < -0.3 is 15.4 Å². The second kappa shape index (κ2) is 8.18. The Balaban J connectivity index is 0.00000208. The Kier molecular flexibility index (Phi) is 6.23. The molecule has 1 aliphatic rings. The zero-order chi connectivity index (χ0) is 16.2. The van der Waals surface area contributed by atoms with E-state index in [0.717, 1.165) is 30.0 Å². The summed E-state index contributed by atoms with van der Waals surface area (Å²) in [5, 5.41) is 6.33. The van der Waals surface area contributed by atoms with Crippen LogP contribution < -0.4 is 15.4 Å². The molecule has 0 fully saturated rings. The van der Waals surface area contributed by atoms with E-state index in [2.05, 4.69) is 22.8 Å². The molecule has 2 N–H and O–H groups in total. The summed E-state index contributed by atoms with van der Waals surface area (Å²) in [5.74, 6) is 0.833. The van der Waals surface area contributed by atoms with Crippen LogP contribution in [-0.4, -0.2) is 18.6 Å². The fourth-order valence-corrected chi connectivity index (χ4v) is 2.89. The summed E-state index contributed by atoms with van der Waals surface area (Å²) >= 11 is 0. The van der Waals surface area contributed by atoms with Gasteiger partial charge >= 0.3 is 0 Å². The number of hydrogen-bond donors (Lipinski definition) is 2. The van der Waals surface area contributed by atoms with Crippen LogP contribution in [0.25, 0.3) is 0 Å². The molecule has 0 spiro atoms. The minimum atomic E-state index is -0.198. The number of benzene rings is 2. The Morgan fingerprint density at radius 2 is 2.00 bits per heavy atom. The number of anilines is 1. The number of carbonyl (C=O) groups is 1. The maximum absolute atomic E-state index is 12.5. The van der Waals surface area contributed by atoms with Crippen molar-refractivity contribution >= 4 is 24.0 Å². The third-order valence-electron chi connectivity index (χ3n) is 4.16. The third-order valence-corrected chi connectivity index (χ3v) is 4.16. The SMILES string of the molecule is CCOc1ccc(NC(=O)C2Cc3ccccc3CN2)c(C)c1.Cl. The number of nitrogens with one attached hydrogen (secondary N) is 2. The molecule has 128 valence electrons. The van der Waals surface area contributed by atoms with E-state index >= 15 is 0 Å². The van der Waals surface area contributed by atoms with Crippen LogP contribution in [0.1, 0.15) is 23.6 Å². The van der Waals surface area contributed by atoms with E-state index < -0.39 is 0 Å². The molecule has 1 unspecified atom stereocenters. The van der Waals surface area contributed by atoms with Crippen molar-refractivity contribution in [1.82, 2.24) is 5.32 Å². The summed E-state index contributed by atoms with van der Waals surface area (Å²) in [6.45, 7) is 5.30. The zero-order valence-electron chi connectivity index (χ0n) is 14.0. The molecule has 0 bridgehead atoms. The molecule has 0 aliphatic carbocycles. The highest BCUT2D eigenvalue weighted by molar-refractivity contribution is 5.95. The van der Waals surface area contributed by atoms with Gasteiger partial charge in [-0.15, -0.1) is 12.4 Å². The van der Waals surface area contributed by atoms with E-state index in [-0.39, 0.29) is 24.4 Å². The van der Waals surface area contributed by atoms with Gasteiger partial charge in [0.2, 0.25) is 5.91 Å². The first-order chi connectivity index (χ1) is 11.2. The smallest absolute Gasteiger partial charge is 0.241 e. The lowest BCUT2D eigenvalue weighted by molar-refractivity contribution is -0.118. The molecule has 1 aliphatic heterocycles. The van der Waals surface area contributed by atoms with Crippen LogP contribution >= 0.6 is 12.4 Å². The summed E-state index contributed by atoms with van der Waals surface area (Å²) in [6.07, 6.45) is 0.720. The van der Waals surface area contributed by atoms with Crippen LogP contribution in [0, 0.1) is 6.92 Å². The number of carbonyl (C=O) groups excluding carboxylic acids is 1. The van der Waals surface area contributed by atoms with Gasteiger partial charge in [0, 0.05) is 12.2 Å². The van der Waals surface area contributed by atoms with Gasteiger partial charge in [0.05, 0.1) is 12.6 Å². The Hall–Kier alpha value is -2.04. The molecule has 2 aromatic rings. The fraction of sp³-hybridized carbons (Fsp3) is 0.316. The van der Waals surface area contributed by atoms with Crippen molar-refractivity contribution in [3.8, 4) is 5.75 Å². The molecule has 0 radical (unpaired) electrons. The van der Waals surface area contributed by atoms with Crippen molar-refractivity contribution in [2.45, 2.75) is 32.9 Å². The lowest BCUT2D eigenvalue weighted by Gasteiger charge is -2.25. The summed E-state index contributed by atoms with van der Waals surface area (Å²) in [5.41, 5.74) is 4.35. The summed E-state index contributed by atoms with van der Waals surface area (Å²) < 4.78 is 5.48. The molecule has 24 heavy (non-hydrogen) atoms. The molecular formula is C19H23ClN2O2. The lowest BCUT2D eigenvalue weighted by Crippen LogP contribution is -2.44. The van der Waals surface area contributed by atoms with Gasteiger partial charge in [-0.25, -0.2) is 0 Å². The summed E-state index contributed by atoms with van der Waals surface area (Å²) in [6, 6.07) is 13.8. The lowest BCUT2D eigenvalue weighted by atomic mass is 9.95. The van der Waals surface area contributed by atoms with Crippen LogP contribution in [0.5, 0.6) is 5.75 Å². The Morgan fingerprint density at radius 1 is 1.25 bits per heavy atom. The quantitative estimate of drug-likeness (QED) is 0.891. The Labute approximate surface area is 149 Å². The molecule has 1 amide bonds. The molecular weight excluding hydrogens is 324 g/mol. The van der Waals surface area contributed by atoms with Gasteiger partial charge in [-0.3, -0.25) is 4.79 Å². The van der Waals surface area contributed by atoms with Crippen LogP contribution in [0.3, 0.4) is 0 Å². The first-order valence-electron chi connectivity index (χ1n) is 8.02. The highest BCUT2D eigenvalue weighted by atomic mass is 35.5. The molecule has 4 nitrogen and oxygen atoms in total. The van der Waals surface area contributed by atoms with E-state index in [1.807, 2.05) is 44.2 Å². The normalized spacial score (nSPS) is 15.8. The van der Waals surface area contributed by atoms with Gasteiger partial charge in [0.15, 0.2) is 0 Å². The monoisotopic (exact) mass is 346 g/mol. The molecule has 0 saturated heterocycles. The van der Waals surface area contributed by atoms with Crippen molar-refractivity contribution in [3.05, 3.63) is 59.2 Å². The highest BCUT2D eigenvalue weighted by Crippen LogP contribution is 2.22. The predicted molar refractivity (Wildman–Crippen MR) is 99.0 cm³/mol. The van der Waals surface area contributed by atoms with Gasteiger partial charge in [0.1, 0.15) is 5.75 Å². The van der Waals surface area contributed by atoms with Gasteiger partial charge in [-0.05, 0) is 55.2 Å². The fourth-order valence-electron chi connectivity index (χ4n) is 2.89. The van der Waals surface area contributed by atoms with Crippen molar-refractivity contribution in [2.75, 3.05) is 11.9 Å².